The van der Waals surface area contributed by atoms with Crippen LogP contribution in [0.4, 0.5) is 0 Å². The highest BCUT2D eigenvalue weighted by atomic mass is 16.5. The molecule has 0 amide bonds. The van der Waals surface area contributed by atoms with Gasteiger partial charge < -0.3 is 9.84 Å². The van der Waals surface area contributed by atoms with Gasteiger partial charge in [0, 0.05) is 6.42 Å². The molecule has 0 aromatic carbocycles. The molecule has 0 fully saturated rings. The Hall–Kier alpha value is -1.06. The Morgan fingerprint density at radius 3 is 2.29 bits per heavy atom. The highest BCUT2D eigenvalue weighted by molar-refractivity contribution is 5.73. The smallest absolute Gasteiger partial charge is 0.306 e. The first kappa shape index (κ1) is 12.9. The maximum absolute atomic E-state index is 11.0. The molecule has 0 saturated carbocycles. The van der Waals surface area contributed by atoms with E-state index in [1.807, 2.05) is 13.8 Å². The van der Waals surface area contributed by atoms with Gasteiger partial charge in [0.15, 0.2) is 0 Å². The molecule has 0 rings (SSSR count). The van der Waals surface area contributed by atoms with E-state index in [-0.39, 0.29) is 18.3 Å². The summed E-state index contributed by atoms with van der Waals surface area (Å²) in [5.41, 5.74) is 0. The van der Waals surface area contributed by atoms with Gasteiger partial charge in [-0.25, -0.2) is 0 Å². The van der Waals surface area contributed by atoms with Crippen molar-refractivity contribution < 1.29 is 19.4 Å². The molecule has 0 aromatic rings. The third-order valence-corrected chi connectivity index (χ3v) is 2.09. The molecule has 0 aliphatic carbocycles. The van der Waals surface area contributed by atoms with Gasteiger partial charge in [0.2, 0.25) is 0 Å². The third-order valence-electron chi connectivity index (χ3n) is 2.09. The van der Waals surface area contributed by atoms with Gasteiger partial charge in [-0.15, -0.1) is 0 Å². The highest BCUT2D eigenvalue weighted by Crippen LogP contribution is 2.17. The Morgan fingerprint density at radius 2 is 1.93 bits per heavy atom. The first-order chi connectivity index (χ1) is 6.49. The molecule has 0 bridgehead atoms. The number of ether oxygens (including phenoxy) is 1. The lowest BCUT2D eigenvalue weighted by molar-refractivity contribution is -0.146. The number of hydrogen-bond donors (Lipinski definition) is 1. The summed E-state index contributed by atoms with van der Waals surface area (Å²) >= 11 is 0. The van der Waals surface area contributed by atoms with Crippen LogP contribution in [0.2, 0.25) is 0 Å². The van der Waals surface area contributed by atoms with Gasteiger partial charge in [0.05, 0.1) is 12.5 Å². The molecule has 82 valence electrons. The predicted octanol–water partition coefficient (Wildman–Crippen LogP) is 1.69. The number of carbonyl (C=O) groups is 2. The number of rotatable bonds is 6. The Morgan fingerprint density at radius 1 is 1.36 bits per heavy atom. The van der Waals surface area contributed by atoms with Crippen LogP contribution in [0.1, 0.15) is 33.6 Å². The summed E-state index contributed by atoms with van der Waals surface area (Å²) in [5.74, 6) is -1.58. The number of carboxylic acid groups (broad SMARTS) is 1. The fourth-order valence-corrected chi connectivity index (χ4v) is 1.25. The molecular formula is C10H18O4. The van der Waals surface area contributed by atoms with Gasteiger partial charge in [-0.2, -0.15) is 0 Å². The van der Waals surface area contributed by atoms with Crippen molar-refractivity contribution in [3.8, 4) is 0 Å². The molecule has 0 radical (unpaired) electrons. The fraction of sp³-hybridized carbons (Fsp3) is 0.800. The van der Waals surface area contributed by atoms with Crippen molar-refractivity contribution in [3.63, 3.8) is 0 Å². The summed E-state index contributed by atoms with van der Waals surface area (Å²) in [4.78, 5) is 21.7. The largest absolute Gasteiger partial charge is 0.481 e. The van der Waals surface area contributed by atoms with Crippen LogP contribution in [0.5, 0.6) is 0 Å². The molecule has 0 saturated heterocycles. The second-order valence-electron chi connectivity index (χ2n) is 3.53. The molecule has 0 aromatic heterocycles. The van der Waals surface area contributed by atoms with E-state index in [2.05, 4.69) is 0 Å². The lowest BCUT2D eigenvalue weighted by Gasteiger charge is -2.14. The van der Waals surface area contributed by atoms with Gasteiger partial charge in [-0.05, 0) is 19.3 Å². The van der Waals surface area contributed by atoms with Crippen molar-refractivity contribution in [3.05, 3.63) is 0 Å². The summed E-state index contributed by atoms with van der Waals surface area (Å²) in [7, 11) is 0. The van der Waals surface area contributed by atoms with Crippen LogP contribution in [0.15, 0.2) is 0 Å². The van der Waals surface area contributed by atoms with Crippen LogP contribution in [0, 0.1) is 11.8 Å². The standard InChI is InChI=1S/C10H18O4/c1-4-14-9(11)6-5-8(7(2)3)10(12)13/h7-8H,4-6H2,1-3H3,(H,12,13). The van der Waals surface area contributed by atoms with E-state index in [4.69, 9.17) is 9.84 Å². The molecule has 4 nitrogen and oxygen atoms in total. The van der Waals surface area contributed by atoms with Crippen molar-refractivity contribution in [1.29, 1.82) is 0 Å². The maximum Gasteiger partial charge on any atom is 0.306 e. The molecule has 14 heavy (non-hydrogen) atoms. The SMILES string of the molecule is CCOC(=O)CCC(C(=O)O)C(C)C. The second-order valence-corrected chi connectivity index (χ2v) is 3.53. The normalized spacial score (nSPS) is 12.6. The van der Waals surface area contributed by atoms with Crippen molar-refractivity contribution in [2.24, 2.45) is 11.8 Å². The average Bonchev–Trinajstić information content (AvgIpc) is 2.03. The molecule has 0 aliphatic heterocycles. The summed E-state index contributed by atoms with van der Waals surface area (Å²) in [5, 5.41) is 8.83. The lowest BCUT2D eigenvalue weighted by Crippen LogP contribution is -2.21. The van der Waals surface area contributed by atoms with Crippen molar-refractivity contribution >= 4 is 11.9 Å². The zero-order chi connectivity index (χ0) is 11.1. The molecule has 1 N–H and O–H groups in total. The third kappa shape index (κ3) is 4.84. The van der Waals surface area contributed by atoms with Gasteiger partial charge in [0.25, 0.3) is 0 Å². The minimum Gasteiger partial charge on any atom is -0.481 e. The van der Waals surface area contributed by atoms with Crippen molar-refractivity contribution in [2.45, 2.75) is 33.6 Å². The summed E-state index contributed by atoms with van der Waals surface area (Å²) in [6.45, 7) is 5.75. The fourth-order valence-electron chi connectivity index (χ4n) is 1.25. The molecular weight excluding hydrogens is 184 g/mol. The molecule has 4 heteroatoms. The number of carbonyl (C=O) groups excluding carboxylic acids is 1. The van der Waals surface area contributed by atoms with Crippen LogP contribution >= 0.6 is 0 Å². The second kappa shape index (κ2) is 6.40. The first-order valence-corrected chi connectivity index (χ1v) is 4.87. The van der Waals surface area contributed by atoms with E-state index < -0.39 is 11.9 Å². The molecule has 1 unspecified atom stereocenters. The number of aliphatic carboxylic acids is 1. The summed E-state index contributed by atoms with van der Waals surface area (Å²) in [6.07, 6.45) is 0.537. The minimum atomic E-state index is -0.843. The van der Waals surface area contributed by atoms with Crippen LogP contribution in [0.3, 0.4) is 0 Å². The van der Waals surface area contributed by atoms with E-state index >= 15 is 0 Å². The topological polar surface area (TPSA) is 63.6 Å². The highest BCUT2D eigenvalue weighted by Gasteiger charge is 2.22. The van der Waals surface area contributed by atoms with E-state index in [0.717, 1.165) is 0 Å². The zero-order valence-corrected chi connectivity index (χ0v) is 8.95. The molecule has 1 atom stereocenters. The van der Waals surface area contributed by atoms with Crippen molar-refractivity contribution in [2.75, 3.05) is 6.61 Å². The number of carboxylic acids is 1. The average molecular weight is 202 g/mol. The van der Waals surface area contributed by atoms with Gasteiger partial charge >= 0.3 is 11.9 Å². The molecule has 0 spiro atoms. The van der Waals surface area contributed by atoms with Gasteiger partial charge in [-0.3, -0.25) is 9.59 Å². The summed E-state index contributed by atoms with van der Waals surface area (Å²) < 4.78 is 4.72. The summed E-state index contributed by atoms with van der Waals surface area (Å²) in [6, 6.07) is 0. The van der Waals surface area contributed by atoms with E-state index in [1.54, 1.807) is 6.92 Å². The number of hydrogen-bond acceptors (Lipinski definition) is 3. The first-order valence-electron chi connectivity index (χ1n) is 4.87. The predicted molar refractivity (Wildman–Crippen MR) is 51.8 cm³/mol. The van der Waals surface area contributed by atoms with E-state index in [9.17, 15) is 9.59 Å². The minimum absolute atomic E-state index is 0.0435. The monoisotopic (exact) mass is 202 g/mol. The van der Waals surface area contributed by atoms with Crippen LogP contribution in [-0.4, -0.2) is 23.7 Å². The molecule has 0 heterocycles. The van der Waals surface area contributed by atoms with Crippen LogP contribution < -0.4 is 0 Å². The zero-order valence-electron chi connectivity index (χ0n) is 8.95. The lowest BCUT2D eigenvalue weighted by atomic mass is 9.91. The Bertz CT molecular complexity index is 198. The van der Waals surface area contributed by atoms with Crippen LogP contribution in [-0.2, 0) is 14.3 Å². The van der Waals surface area contributed by atoms with Gasteiger partial charge in [0.1, 0.15) is 0 Å². The Labute approximate surface area is 84.3 Å². The maximum atomic E-state index is 11.0. The van der Waals surface area contributed by atoms with Crippen LogP contribution in [0.25, 0.3) is 0 Å². The molecule has 0 aliphatic rings. The van der Waals surface area contributed by atoms with Gasteiger partial charge in [-0.1, -0.05) is 13.8 Å². The Balaban J connectivity index is 3.94. The Kier molecular flexibility index (Phi) is 5.92. The number of esters is 1. The van der Waals surface area contributed by atoms with E-state index in [0.29, 0.717) is 13.0 Å². The van der Waals surface area contributed by atoms with Crippen molar-refractivity contribution in [1.82, 2.24) is 0 Å². The quantitative estimate of drug-likeness (QED) is 0.666. The van der Waals surface area contributed by atoms with E-state index in [1.165, 1.54) is 0 Å².